The number of carbonyl (C=O) groups is 3. The SMILES string of the molecule is CN1COCN(Cc2cnc(Cl)s2)/C1=N/[N+](=O)[O-].CO/C=C(/C(=O)OC)c1ccccc1Oc1cc(Oc2ccccc2C#N)ncn1.COCC(=O)N(c1c(C)cccc1C)[C@H](C)C(=O)OC.N#Cc1c[nH]cc1-c1cccc2c1OC(F)(F)O2.c1ccc2[nH]c(-c3cscn3)nc2c1. The molecule has 28 nitrogen and oxygen atoms in total. The molecular weight excluding hydrogens is 1360 g/mol. The summed E-state index contributed by atoms with van der Waals surface area (Å²) in [7, 11) is 7.14. The summed E-state index contributed by atoms with van der Waals surface area (Å²) < 4.78 is 71.6. The molecule has 1 saturated heterocycles. The number of methoxy groups -OCH3 is 4. The number of hydrogen-bond donors (Lipinski definition) is 2. The normalized spacial score (nSPS) is 13.2. The largest absolute Gasteiger partial charge is 0.586 e. The van der Waals surface area contributed by atoms with Crippen LogP contribution in [0.1, 0.15) is 39.6 Å². The lowest BCUT2D eigenvalue weighted by Crippen LogP contribution is -2.49. The highest BCUT2D eigenvalue weighted by Gasteiger charge is 2.45. The summed E-state index contributed by atoms with van der Waals surface area (Å²) in [5.74, 6) is 0.788. The van der Waals surface area contributed by atoms with E-state index in [1.54, 1.807) is 108 Å². The molecule has 33 heteroatoms. The van der Waals surface area contributed by atoms with Gasteiger partial charge in [0, 0.05) is 59.7 Å². The first kappa shape index (κ1) is 73.9. The van der Waals surface area contributed by atoms with Crippen LogP contribution in [0.3, 0.4) is 0 Å². The van der Waals surface area contributed by atoms with Crippen LogP contribution in [0.2, 0.25) is 4.47 Å². The van der Waals surface area contributed by atoms with Crippen molar-refractivity contribution in [3.05, 3.63) is 205 Å². The van der Waals surface area contributed by atoms with Crippen molar-refractivity contribution < 1.29 is 70.8 Å². The average molecular weight is 1420 g/mol. The monoisotopic (exact) mass is 1420 g/mol. The molecule has 5 aromatic carbocycles. The number of benzene rings is 5. The molecule has 2 N–H and O–H groups in total. The van der Waals surface area contributed by atoms with E-state index in [4.69, 9.17) is 50.0 Å². The summed E-state index contributed by atoms with van der Waals surface area (Å²) in [6.45, 7) is 6.29. The molecule has 0 bridgehead atoms. The van der Waals surface area contributed by atoms with Gasteiger partial charge in [-0.1, -0.05) is 84.4 Å². The van der Waals surface area contributed by atoms with E-state index in [9.17, 15) is 38.5 Å². The van der Waals surface area contributed by atoms with Crippen molar-refractivity contribution >= 4 is 80.4 Å². The van der Waals surface area contributed by atoms with Crippen LogP contribution >= 0.6 is 34.3 Å². The zero-order valence-corrected chi connectivity index (χ0v) is 56.8. The molecule has 0 spiro atoms. The minimum absolute atomic E-state index is 0.0393. The number of H-pyrrole nitrogens is 2. The lowest BCUT2D eigenvalue weighted by molar-refractivity contribution is -0.486. The van der Waals surface area contributed by atoms with Gasteiger partial charge in [0.25, 0.3) is 11.9 Å². The number of hydrazone groups is 1. The molecule has 5 aromatic heterocycles. The van der Waals surface area contributed by atoms with Crippen LogP contribution in [0.15, 0.2) is 162 Å². The van der Waals surface area contributed by atoms with Gasteiger partial charge in [-0.3, -0.25) is 9.69 Å². The Morgan fingerprint density at radius 1 is 0.860 bits per heavy atom. The third-order valence-electron chi connectivity index (χ3n) is 13.9. The van der Waals surface area contributed by atoms with Gasteiger partial charge >= 0.3 is 18.2 Å². The van der Waals surface area contributed by atoms with Crippen molar-refractivity contribution in [3.8, 4) is 69.5 Å². The van der Waals surface area contributed by atoms with Gasteiger partial charge in [0.15, 0.2) is 26.8 Å². The molecule has 0 radical (unpaired) electrons. The molecule has 516 valence electrons. The number of guanidine groups is 1. The van der Waals surface area contributed by atoms with Gasteiger partial charge in [0.1, 0.15) is 72.4 Å². The molecule has 0 aliphatic carbocycles. The number of aryl methyl sites for hydroxylation is 2. The van der Waals surface area contributed by atoms with Gasteiger partial charge < -0.3 is 62.4 Å². The smallest absolute Gasteiger partial charge is 0.503 e. The minimum Gasteiger partial charge on any atom is -0.503 e. The Bertz CT molecular complexity index is 4580. The van der Waals surface area contributed by atoms with E-state index in [-0.39, 0.29) is 60.8 Å². The molecule has 1 amide bonds. The standard InChI is InChI=1S/C22H17N3O5.C15H21NO4.C12H6F2N2O2.C10H7N3S.C8H10ClN5O3S/c1-27-13-17(22(26)28-2)16-8-4-6-10-19(16)30-21-11-20(24-14-25-21)29-18-9-5-3-7-15(18)12-23;1-10-7-6-8-11(2)14(10)16(13(17)9-19-4)12(3)15(18)20-5;13-12(14)17-10-3-1-2-8(11(10)18-12)9-6-16-5-7(9)4-15;1-2-4-8-7(3-1)12-10(13-8)9-5-14-6-11-9;1-12-4-17-5-13(8(12)11-14(15)16)3-6-2-10-7(9)18-6/h3-11,13-14H,1-2H3;6-8,12H,9H2,1-5H3;1-3,5-6,16H;1-6H,(H,12,13);2H,3-5H2,1H3/b17-13+;;;;11-8+/t;12-;;;/m.1.../s1. The Labute approximate surface area is 582 Å². The van der Waals surface area contributed by atoms with Crippen molar-refractivity contribution in [3.63, 3.8) is 0 Å². The second-order valence-corrected chi connectivity index (χ2v) is 23.1. The number of hydrogen-bond acceptors (Lipinski definition) is 23. The third kappa shape index (κ3) is 19.4. The number of aromatic amines is 2. The van der Waals surface area contributed by atoms with Gasteiger partial charge in [0.05, 0.1) is 73.6 Å². The Morgan fingerprint density at radius 3 is 2.20 bits per heavy atom. The number of imidazole rings is 1. The number of alkyl halides is 2. The summed E-state index contributed by atoms with van der Waals surface area (Å²) in [5.41, 5.74) is 9.57. The zero-order valence-electron chi connectivity index (χ0n) is 54.4. The fourth-order valence-electron chi connectivity index (χ4n) is 9.51. The molecule has 10 aromatic rings. The maximum Gasteiger partial charge on any atom is 0.586 e. The number of nitrogens with one attached hydrogen (secondary N) is 2. The molecule has 1 atom stereocenters. The summed E-state index contributed by atoms with van der Waals surface area (Å²) in [5, 5.41) is 33.3. The number of rotatable bonds is 17. The second-order valence-electron chi connectivity index (χ2n) is 20.6. The molecule has 12 rings (SSSR count). The number of carbonyl (C=O) groups excluding carboxylic acids is 3. The zero-order chi connectivity index (χ0) is 71.9. The Balaban J connectivity index is 0.000000163. The second kappa shape index (κ2) is 35.3. The van der Waals surface area contributed by atoms with E-state index in [1.165, 1.54) is 75.6 Å². The number of fused-ring (bicyclic) bond motifs is 2. The van der Waals surface area contributed by atoms with Crippen molar-refractivity contribution in [1.82, 2.24) is 44.7 Å². The molecule has 2 aliphatic heterocycles. The van der Waals surface area contributed by atoms with Gasteiger partial charge in [-0.15, -0.1) is 31.5 Å². The fourth-order valence-corrected chi connectivity index (χ4v) is 11.0. The van der Waals surface area contributed by atoms with E-state index in [0.717, 1.165) is 44.2 Å². The van der Waals surface area contributed by atoms with Crippen molar-refractivity contribution in [2.24, 2.45) is 5.10 Å². The number of para-hydroxylation sites is 6. The first-order chi connectivity index (χ1) is 48.2. The van der Waals surface area contributed by atoms with E-state index in [2.05, 4.69) is 55.5 Å². The van der Waals surface area contributed by atoms with E-state index in [1.807, 2.05) is 73.3 Å². The van der Waals surface area contributed by atoms with Gasteiger partial charge in [-0.05, 0) is 68.3 Å². The molecule has 0 unspecified atom stereocenters. The average Bonchev–Trinajstić information content (AvgIpc) is 1.60. The third-order valence-corrected chi connectivity index (χ3v) is 15.6. The van der Waals surface area contributed by atoms with Gasteiger partial charge in [0.2, 0.25) is 11.8 Å². The highest BCUT2D eigenvalue weighted by molar-refractivity contribution is 7.15. The van der Waals surface area contributed by atoms with Crippen molar-refractivity contribution in [1.29, 1.82) is 10.5 Å². The van der Waals surface area contributed by atoms with Crippen LogP contribution in [-0.4, -0.2) is 141 Å². The lowest BCUT2D eigenvalue weighted by atomic mass is 10.0. The lowest BCUT2D eigenvalue weighted by Gasteiger charge is -2.34. The van der Waals surface area contributed by atoms with Crippen LogP contribution in [0.25, 0.3) is 39.3 Å². The maximum atomic E-state index is 13.0. The van der Waals surface area contributed by atoms with Crippen LogP contribution in [0.4, 0.5) is 14.5 Å². The van der Waals surface area contributed by atoms with Crippen LogP contribution in [-0.2, 0) is 44.6 Å². The quantitative estimate of drug-likeness (QED) is 0.0281. The summed E-state index contributed by atoms with van der Waals surface area (Å²) in [6, 6.07) is 36.7. The predicted molar refractivity (Wildman–Crippen MR) is 364 cm³/mol. The van der Waals surface area contributed by atoms with Gasteiger partial charge in [-0.25, -0.2) is 44.6 Å². The molecule has 0 saturated carbocycles. The number of amides is 1. The summed E-state index contributed by atoms with van der Waals surface area (Å²) >= 11 is 8.63. The fraction of sp³-hybridized carbons (Fsp3) is 0.209. The number of nitro groups is 1. The first-order valence-electron chi connectivity index (χ1n) is 29.4. The number of halogens is 3. The maximum absolute atomic E-state index is 13.0. The minimum atomic E-state index is -3.67. The number of esters is 2. The number of aromatic nitrogens is 7. The number of ether oxygens (including phenoxy) is 9. The number of nitriles is 2. The Morgan fingerprint density at radius 2 is 1.55 bits per heavy atom. The van der Waals surface area contributed by atoms with E-state index >= 15 is 0 Å². The van der Waals surface area contributed by atoms with Crippen LogP contribution in [0, 0.1) is 46.6 Å². The van der Waals surface area contributed by atoms with E-state index < -0.39 is 29.3 Å². The summed E-state index contributed by atoms with van der Waals surface area (Å²) in [4.78, 5) is 79.0. The number of nitrogens with zero attached hydrogens (tertiary/aromatic N) is 12. The topological polar surface area (TPSA) is 343 Å². The Kier molecular flexibility index (Phi) is 26.1. The highest BCUT2D eigenvalue weighted by Crippen LogP contribution is 2.47. The molecule has 1 fully saturated rings. The highest BCUT2D eigenvalue weighted by atomic mass is 35.5. The predicted octanol–water partition coefficient (Wildman–Crippen LogP) is 12.5. The molecule has 7 heterocycles. The molecular formula is C67H61ClF2N14O14S2. The van der Waals surface area contributed by atoms with Crippen molar-refractivity contribution in [2.75, 3.05) is 60.5 Å². The Hall–Kier alpha value is -11.9. The molecule has 2 aliphatic rings. The van der Waals surface area contributed by atoms with Crippen molar-refractivity contribution in [2.45, 2.75) is 39.7 Å². The van der Waals surface area contributed by atoms with E-state index in [0.29, 0.717) is 50.3 Å². The first-order valence-corrected chi connectivity index (χ1v) is 31.5. The van der Waals surface area contributed by atoms with Crippen LogP contribution in [0.5, 0.6) is 34.8 Å². The van der Waals surface area contributed by atoms with Gasteiger partial charge in [-0.2, -0.15) is 10.5 Å². The number of thiazole rings is 2. The van der Waals surface area contributed by atoms with Crippen LogP contribution < -0.4 is 23.8 Å². The number of anilines is 1. The summed E-state index contributed by atoms with van der Waals surface area (Å²) in [6.07, 6.45) is 3.56. The molecule has 100 heavy (non-hydrogen) atoms.